The molecule has 0 amide bonds. The summed E-state index contributed by atoms with van der Waals surface area (Å²) in [6.07, 6.45) is 9.60. The molecule has 3 heteroatoms. The van der Waals surface area contributed by atoms with Crippen molar-refractivity contribution in [2.45, 2.75) is 43.9 Å². The molecule has 0 radical (unpaired) electrons. The Morgan fingerprint density at radius 1 is 1.28 bits per heavy atom. The zero-order chi connectivity index (χ0) is 18.1. The Labute approximate surface area is 152 Å². The number of aliphatic hydroxyl groups excluding tert-OH is 1. The van der Waals surface area contributed by atoms with Crippen LogP contribution in [0, 0.1) is 0 Å². The highest BCUT2D eigenvalue weighted by Gasteiger charge is 2.36. The fourth-order valence-corrected chi connectivity index (χ4v) is 3.62. The second kappa shape index (κ2) is 9.71. The molecular formula is C22H31NO2. The Kier molecular flexibility index (Phi) is 7.63. The predicted molar refractivity (Wildman–Crippen MR) is 104 cm³/mol. The lowest BCUT2D eigenvalue weighted by molar-refractivity contribution is -0.0875. The Morgan fingerprint density at radius 2 is 1.96 bits per heavy atom. The molecule has 0 heterocycles. The van der Waals surface area contributed by atoms with Gasteiger partial charge in [-0.25, -0.2) is 0 Å². The van der Waals surface area contributed by atoms with E-state index in [1.807, 2.05) is 18.2 Å². The number of nitrogens with zero attached hydrogens (tertiary/aromatic N) is 1. The van der Waals surface area contributed by atoms with Gasteiger partial charge in [-0.2, -0.15) is 0 Å². The molecule has 1 aromatic carbocycles. The van der Waals surface area contributed by atoms with Crippen LogP contribution in [0.15, 0.2) is 67.3 Å². The van der Waals surface area contributed by atoms with Crippen molar-refractivity contribution >= 4 is 0 Å². The predicted octanol–water partition coefficient (Wildman–Crippen LogP) is 4.11. The number of rotatable bonds is 9. The summed E-state index contributed by atoms with van der Waals surface area (Å²) in [5.74, 6) is 0. The summed E-state index contributed by atoms with van der Waals surface area (Å²) in [6.45, 7) is 9.61. The van der Waals surface area contributed by atoms with Crippen LogP contribution >= 0.6 is 0 Å². The highest BCUT2D eigenvalue weighted by molar-refractivity contribution is 5.23. The monoisotopic (exact) mass is 341 g/mol. The third kappa shape index (κ3) is 5.40. The number of methoxy groups -OCH3 is 1. The van der Waals surface area contributed by atoms with Gasteiger partial charge in [0, 0.05) is 26.2 Å². The molecule has 1 aliphatic carbocycles. The van der Waals surface area contributed by atoms with Crippen molar-refractivity contribution in [1.82, 2.24) is 4.90 Å². The first-order valence-electron chi connectivity index (χ1n) is 9.04. The molecule has 0 saturated heterocycles. The summed E-state index contributed by atoms with van der Waals surface area (Å²) in [6, 6.07) is 11.0. The van der Waals surface area contributed by atoms with E-state index < -0.39 is 0 Å². The first kappa shape index (κ1) is 19.6. The average Bonchev–Trinajstić information content (AvgIpc) is 2.68. The van der Waals surface area contributed by atoms with Gasteiger partial charge in [0.15, 0.2) is 0 Å². The maximum Gasteiger partial charge on any atom is 0.0909 e. The molecule has 0 aliphatic heterocycles. The summed E-state index contributed by atoms with van der Waals surface area (Å²) in [4.78, 5) is 2.52. The van der Waals surface area contributed by atoms with Crippen LogP contribution in [0.5, 0.6) is 0 Å². The van der Waals surface area contributed by atoms with Gasteiger partial charge in [0.25, 0.3) is 0 Å². The van der Waals surface area contributed by atoms with E-state index >= 15 is 0 Å². The van der Waals surface area contributed by atoms with E-state index in [1.54, 1.807) is 7.11 Å². The van der Waals surface area contributed by atoms with Crippen molar-refractivity contribution in [1.29, 1.82) is 0 Å². The van der Waals surface area contributed by atoms with Crippen LogP contribution in [0.3, 0.4) is 0 Å². The molecule has 1 fully saturated rings. The smallest absolute Gasteiger partial charge is 0.0909 e. The first-order valence-corrected chi connectivity index (χ1v) is 9.04. The van der Waals surface area contributed by atoms with Crippen molar-refractivity contribution in [2.24, 2.45) is 0 Å². The number of benzene rings is 1. The first-order chi connectivity index (χ1) is 12.2. The lowest BCUT2D eigenvalue weighted by Crippen LogP contribution is -2.46. The summed E-state index contributed by atoms with van der Waals surface area (Å²) >= 11 is 0. The zero-order valence-electron chi connectivity index (χ0n) is 15.4. The molecule has 1 aliphatic rings. The molecule has 136 valence electrons. The highest BCUT2D eigenvalue weighted by atomic mass is 16.5. The fraction of sp³-hybridized carbons (Fsp3) is 0.455. The topological polar surface area (TPSA) is 32.7 Å². The SMILES string of the molecule is C=C/C=C(\C=C)CN(Cc1ccccc1)C1CCC(CO)(OC)CC1. The molecule has 0 atom stereocenters. The van der Waals surface area contributed by atoms with Gasteiger partial charge in [-0.05, 0) is 36.8 Å². The van der Waals surface area contributed by atoms with Gasteiger partial charge in [-0.3, -0.25) is 4.90 Å². The summed E-state index contributed by atoms with van der Waals surface area (Å²) in [7, 11) is 1.71. The van der Waals surface area contributed by atoms with Crippen LogP contribution in [0.2, 0.25) is 0 Å². The normalized spacial score (nSPS) is 24.3. The van der Waals surface area contributed by atoms with E-state index in [4.69, 9.17) is 4.74 Å². The number of ether oxygens (including phenoxy) is 1. The van der Waals surface area contributed by atoms with Crippen molar-refractivity contribution in [3.05, 3.63) is 72.9 Å². The van der Waals surface area contributed by atoms with Gasteiger partial charge < -0.3 is 9.84 Å². The van der Waals surface area contributed by atoms with Crippen LogP contribution in [-0.4, -0.2) is 41.9 Å². The Hall–Kier alpha value is -1.68. The van der Waals surface area contributed by atoms with Crippen molar-refractivity contribution in [3.8, 4) is 0 Å². The molecule has 2 rings (SSSR count). The van der Waals surface area contributed by atoms with Crippen LogP contribution < -0.4 is 0 Å². The molecule has 0 spiro atoms. The minimum atomic E-state index is -0.354. The summed E-state index contributed by atoms with van der Waals surface area (Å²) < 4.78 is 5.61. The number of allylic oxidation sites excluding steroid dienone is 2. The molecule has 0 bridgehead atoms. The molecule has 0 unspecified atom stereocenters. The molecule has 3 nitrogen and oxygen atoms in total. The summed E-state index contributed by atoms with van der Waals surface area (Å²) in [5.41, 5.74) is 2.14. The maximum atomic E-state index is 9.68. The third-order valence-corrected chi connectivity index (χ3v) is 5.31. The minimum absolute atomic E-state index is 0.100. The van der Waals surface area contributed by atoms with Crippen LogP contribution in [0.25, 0.3) is 0 Å². The lowest BCUT2D eigenvalue weighted by Gasteiger charge is -2.42. The number of aliphatic hydroxyl groups is 1. The van der Waals surface area contributed by atoms with Crippen molar-refractivity contribution < 1.29 is 9.84 Å². The quantitative estimate of drug-likeness (QED) is 0.686. The van der Waals surface area contributed by atoms with Crippen LogP contribution in [-0.2, 0) is 11.3 Å². The highest BCUT2D eigenvalue weighted by Crippen LogP contribution is 2.34. The van der Waals surface area contributed by atoms with E-state index in [1.165, 1.54) is 11.1 Å². The molecule has 1 N–H and O–H groups in total. The fourth-order valence-electron chi connectivity index (χ4n) is 3.62. The largest absolute Gasteiger partial charge is 0.393 e. The number of hydrogen-bond acceptors (Lipinski definition) is 3. The van der Waals surface area contributed by atoms with Gasteiger partial charge in [0.05, 0.1) is 12.2 Å². The van der Waals surface area contributed by atoms with E-state index in [0.717, 1.165) is 38.8 Å². The van der Waals surface area contributed by atoms with Crippen molar-refractivity contribution in [3.63, 3.8) is 0 Å². The van der Waals surface area contributed by atoms with E-state index in [2.05, 4.69) is 48.4 Å². The van der Waals surface area contributed by atoms with Gasteiger partial charge in [0.1, 0.15) is 0 Å². The van der Waals surface area contributed by atoms with Gasteiger partial charge in [0.2, 0.25) is 0 Å². The lowest BCUT2D eigenvalue weighted by atomic mass is 9.81. The molecule has 0 aromatic heterocycles. The summed E-state index contributed by atoms with van der Waals surface area (Å²) in [5, 5.41) is 9.68. The maximum absolute atomic E-state index is 9.68. The van der Waals surface area contributed by atoms with Gasteiger partial charge in [-0.1, -0.05) is 61.7 Å². The Morgan fingerprint density at radius 3 is 2.48 bits per heavy atom. The molecular weight excluding hydrogens is 310 g/mol. The number of hydrogen-bond donors (Lipinski definition) is 1. The standard InChI is InChI=1S/C22H31NO2/c1-4-9-19(5-2)16-23(17-20-10-7-6-8-11-20)21-12-14-22(18-24,25-3)15-13-21/h4-11,21,24H,1-2,12-18H2,3H3/b19-9+. The van der Waals surface area contributed by atoms with E-state index in [-0.39, 0.29) is 12.2 Å². The third-order valence-electron chi connectivity index (χ3n) is 5.31. The van der Waals surface area contributed by atoms with Crippen molar-refractivity contribution in [2.75, 3.05) is 20.3 Å². The Bertz CT molecular complexity index is 565. The second-order valence-corrected chi connectivity index (χ2v) is 6.85. The minimum Gasteiger partial charge on any atom is -0.393 e. The van der Waals surface area contributed by atoms with E-state index in [0.29, 0.717) is 6.04 Å². The second-order valence-electron chi connectivity index (χ2n) is 6.85. The van der Waals surface area contributed by atoms with Gasteiger partial charge in [-0.15, -0.1) is 0 Å². The Balaban J connectivity index is 2.12. The molecule has 1 saturated carbocycles. The van der Waals surface area contributed by atoms with Gasteiger partial charge >= 0.3 is 0 Å². The average molecular weight is 341 g/mol. The molecule has 25 heavy (non-hydrogen) atoms. The zero-order valence-corrected chi connectivity index (χ0v) is 15.4. The molecule has 1 aromatic rings. The van der Waals surface area contributed by atoms with Crippen LogP contribution in [0.4, 0.5) is 0 Å². The van der Waals surface area contributed by atoms with E-state index in [9.17, 15) is 5.11 Å². The van der Waals surface area contributed by atoms with Crippen LogP contribution in [0.1, 0.15) is 31.2 Å².